The van der Waals surface area contributed by atoms with Crippen LogP contribution in [0.4, 0.5) is 0 Å². The zero-order valence-corrected chi connectivity index (χ0v) is 11.2. The van der Waals surface area contributed by atoms with Crippen molar-refractivity contribution in [3.05, 3.63) is 0 Å². The molecule has 2 N–H and O–H groups in total. The Hall–Kier alpha value is -0.120. The zero-order valence-electron chi connectivity index (χ0n) is 11.2. The molecule has 2 atom stereocenters. The largest absolute Gasteiger partial charge is 0.395 e. The average Bonchev–Trinajstić information content (AvgIpc) is 2.64. The molecule has 1 saturated heterocycles. The van der Waals surface area contributed by atoms with Crippen molar-refractivity contribution in [2.24, 2.45) is 5.92 Å². The summed E-state index contributed by atoms with van der Waals surface area (Å²) in [5, 5.41) is 12.8. The van der Waals surface area contributed by atoms with Crippen molar-refractivity contribution in [1.82, 2.24) is 10.2 Å². The Morgan fingerprint density at radius 3 is 2.50 bits per heavy atom. The van der Waals surface area contributed by atoms with Gasteiger partial charge in [-0.2, -0.15) is 0 Å². The van der Waals surface area contributed by atoms with E-state index in [0.717, 1.165) is 12.5 Å². The second-order valence-electron chi connectivity index (χ2n) is 5.65. The fourth-order valence-electron chi connectivity index (χ4n) is 2.75. The van der Waals surface area contributed by atoms with E-state index < -0.39 is 0 Å². The number of aliphatic hydroxyl groups is 1. The third-order valence-electron chi connectivity index (χ3n) is 3.43. The van der Waals surface area contributed by atoms with E-state index in [4.69, 9.17) is 0 Å². The SMILES string of the molecule is CC(C)NC(CO)CN1CCCC1C(C)C. The minimum Gasteiger partial charge on any atom is -0.395 e. The molecule has 0 aliphatic carbocycles. The highest BCUT2D eigenvalue weighted by molar-refractivity contribution is 4.85. The van der Waals surface area contributed by atoms with Gasteiger partial charge in [0, 0.05) is 24.7 Å². The Bertz CT molecular complexity index is 194. The van der Waals surface area contributed by atoms with Crippen molar-refractivity contribution in [1.29, 1.82) is 0 Å². The molecule has 0 aromatic carbocycles. The molecule has 3 nitrogen and oxygen atoms in total. The van der Waals surface area contributed by atoms with Gasteiger partial charge in [0.2, 0.25) is 0 Å². The summed E-state index contributed by atoms with van der Waals surface area (Å²) in [4.78, 5) is 2.54. The van der Waals surface area contributed by atoms with Crippen LogP contribution in [0.3, 0.4) is 0 Å². The standard InChI is InChI=1S/C13H28N2O/c1-10(2)13-6-5-7-15(13)8-12(9-16)14-11(3)4/h10-14,16H,5-9H2,1-4H3. The molecular weight excluding hydrogens is 200 g/mol. The van der Waals surface area contributed by atoms with Gasteiger partial charge in [0.1, 0.15) is 0 Å². The van der Waals surface area contributed by atoms with Crippen LogP contribution in [-0.4, -0.2) is 47.8 Å². The molecule has 1 rings (SSSR count). The third kappa shape index (κ3) is 4.04. The molecule has 2 unspecified atom stereocenters. The molecule has 0 aromatic heterocycles. The molecule has 3 heteroatoms. The van der Waals surface area contributed by atoms with Crippen LogP contribution < -0.4 is 5.32 Å². The van der Waals surface area contributed by atoms with Crippen LogP contribution in [0.5, 0.6) is 0 Å². The monoisotopic (exact) mass is 228 g/mol. The predicted molar refractivity (Wildman–Crippen MR) is 68.6 cm³/mol. The first kappa shape index (κ1) is 13.9. The molecule has 0 aromatic rings. The highest BCUT2D eigenvalue weighted by Crippen LogP contribution is 2.23. The summed E-state index contributed by atoms with van der Waals surface area (Å²) in [7, 11) is 0. The van der Waals surface area contributed by atoms with E-state index in [2.05, 4.69) is 37.9 Å². The maximum absolute atomic E-state index is 9.37. The number of hydrogen-bond donors (Lipinski definition) is 2. The number of hydrogen-bond acceptors (Lipinski definition) is 3. The topological polar surface area (TPSA) is 35.5 Å². The van der Waals surface area contributed by atoms with E-state index in [-0.39, 0.29) is 12.6 Å². The van der Waals surface area contributed by atoms with Crippen LogP contribution in [0.25, 0.3) is 0 Å². The van der Waals surface area contributed by atoms with E-state index in [0.29, 0.717) is 12.1 Å². The quantitative estimate of drug-likeness (QED) is 0.722. The summed E-state index contributed by atoms with van der Waals surface area (Å²) in [6, 6.07) is 1.37. The molecule has 0 amide bonds. The fourth-order valence-corrected chi connectivity index (χ4v) is 2.75. The molecule has 1 fully saturated rings. The first-order valence-electron chi connectivity index (χ1n) is 6.65. The minimum absolute atomic E-state index is 0.222. The van der Waals surface area contributed by atoms with E-state index in [1.807, 2.05) is 0 Å². The second-order valence-corrected chi connectivity index (χ2v) is 5.65. The molecule has 1 aliphatic heterocycles. The van der Waals surface area contributed by atoms with Crippen molar-refractivity contribution < 1.29 is 5.11 Å². The normalized spacial score (nSPS) is 24.6. The smallest absolute Gasteiger partial charge is 0.0597 e. The first-order chi connectivity index (χ1) is 7.54. The van der Waals surface area contributed by atoms with E-state index >= 15 is 0 Å². The van der Waals surface area contributed by atoms with E-state index in [1.165, 1.54) is 19.4 Å². The average molecular weight is 228 g/mol. The van der Waals surface area contributed by atoms with Crippen molar-refractivity contribution in [2.75, 3.05) is 19.7 Å². The van der Waals surface area contributed by atoms with Crippen molar-refractivity contribution in [3.8, 4) is 0 Å². The summed E-state index contributed by atoms with van der Waals surface area (Å²) in [6.45, 7) is 11.3. The summed E-state index contributed by atoms with van der Waals surface area (Å²) in [5.74, 6) is 0.723. The molecule has 0 saturated carbocycles. The molecule has 16 heavy (non-hydrogen) atoms. The van der Waals surface area contributed by atoms with Crippen LogP contribution in [0.2, 0.25) is 0 Å². The van der Waals surface area contributed by atoms with Gasteiger partial charge in [-0.25, -0.2) is 0 Å². The van der Waals surface area contributed by atoms with Gasteiger partial charge in [-0.1, -0.05) is 27.7 Å². The first-order valence-corrected chi connectivity index (χ1v) is 6.65. The summed E-state index contributed by atoms with van der Waals surface area (Å²) in [6.07, 6.45) is 2.63. The lowest BCUT2D eigenvalue weighted by Gasteiger charge is -2.31. The second kappa shape index (κ2) is 6.58. The Kier molecular flexibility index (Phi) is 5.73. The molecule has 96 valence electrons. The molecule has 0 radical (unpaired) electrons. The summed E-state index contributed by atoms with van der Waals surface area (Å²) < 4.78 is 0. The highest BCUT2D eigenvalue weighted by Gasteiger charge is 2.28. The van der Waals surface area contributed by atoms with Gasteiger partial charge in [-0.05, 0) is 25.3 Å². The molecular formula is C13H28N2O. The third-order valence-corrected chi connectivity index (χ3v) is 3.43. The predicted octanol–water partition coefficient (Wildman–Crippen LogP) is 1.47. The molecule has 1 aliphatic rings. The number of aliphatic hydroxyl groups excluding tert-OH is 1. The van der Waals surface area contributed by atoms with Crippen LogP contribution in [0.15, 0.2) is 0 Å². The lowest BCUT2D eigenvalue weighted by molar-refractivity contribution is 0.148. The Labute approximate surface area is 100 Å². The maximum Gasteiger partial charge on any atom is 0.0597 e. The Balaban J connectivity index is 2.44. The van der Waals surface area contributed by atoms with Gasteiger partial charge < -0.3 is 10.4 Å². The van der Waals surface area contributed by atoms with Crippen LogP contribution in [0, 0.1) is 5.92 Å². The zero-order chi connectivity index (χ0) is 12.1. The number of nitrogens with zero attached hydrogens (tertiary/aromatic N) is 1. The van der Waals surface area contributed by atoms with Gasteiger partial charge in [-0.15, -0.1) is 0 Å². The van der Waals surface area contributed by atoms with Gasteiger partial charge >= 0.3 is 0 Å². The molecule has 0 spiro atoms. The van der Waals surface area contributed by atoms with Crippen LogP contribution >= 0.6 is 0 Å². The highest BCUT2D eigenvalue weighted by atomic mass is 16.3. The van der Waals surface area contributed by atoms with Gasteiger partial charge in [-0.3, -0.25) is 4.90 Å². The van der Waals surface area contributed by atoms with Gasteiger partial charge in [0.05, 0.1) is 6.61 Å². The minimum atomic E-state index is 0.222. The van der Waals surface area contributed by atoms with Gasteiger partial charge in [0.25, 0.3) is 0 Å². The molecule has 1 heterocycles. The van der Waals surface area contributed by atoms with Crippen molar-refractivity contribution >= 4 is 0 Å². The maximum atomic E-state index is 9.37. The molecule has 0 bridgehead atoms. The lowest BCUT2D eigenvalue weighted by Crippen LogP contribution is -2.48. The Morgan fingerprint density at radius 2 is 2.00 bits per heavy atom. The van der Waals surface area contributed by atoms with Crippen LogP contribution in [-0.2, 0) is 0 Å². The number of nitrogens with one attached hydrogen (secondary N) is 1. The van der Waals surface area contributed by atoms with E-state index in [9.17, 15) is 5.11 Å². The number of rotatable bonds is 6. The fraction of sp³-hybridized carbons (Fsp3) is 1.00. The van der Waals surface area contributed by atoms with E-state index in [1.54, 1.807) is 0 Å². The number of likely N-dealkylation sites (tertiary alicyclic amines) is 1. The van der Waals surface area contributed by atoms with Crippen LogP contribution in [0.1, 0.15) is 40.5 Å². The summed E-state index contributed by atoms with van der Waals surface area (Å²) >= 11 is 0. The summed E-state index contributed by atoms with van der Waals surface area (Å²) in [5.41, 5.74) is 0. The van der Waals surface area contributed by atoms with Crippen molar-refractivity contribution in [3.63, 3.8) is 0 Å². The van der Waals surface area contributed by atoms with Gasteiger partial charge in [0.15, 0.2) is 0 Å². The lowest BCUT2D eigenvalue weighted by atomic mass is 10.0. The Morgan fingerprint density at radius 1 is 1.31 bits per heavy atom. The van der Waals surface area contributed by atoms with Crippen molar-refractivity contribution in [2.45, 2.75) is 58.7 Å².